The largest absolute Gasteiger partial charge is 0.376 e. The van der Waals surface area contributed by atoms with Crippen LogP contribution in [0.4, 0.5) is 0 Å². The molecule has 1 atom stereocenters. The molecule has 3 rings (SSSR count). The number of hydrogen-bond donors (Lipinski definition) is 1. The van der Waals surface area contributed by atoms with E-state index in [2.05, 4.69) is 20.1 Å². The molecule has 0 aromatic rings. The Hall–Kier alpha value is -0.120. The maximum absolute atomic E-state index is 6.13. The Balaban J connectivity index is 0.00000261. The number of aliphatic imine (C=N–C) groups is 1. The zero-order valence-corrected chi connectivity index (χ0v) is 19.4. The van der Waals surface area contributed by atoms with Crippen LogP contribution in [0.1, 0.15) is 51.4 Å². The van der Waals surface area contributed by atoms with Crippen LogP contribution >= 0.6 is 24.0 Å². The topological polar surface area (TPSA) is 49.3 Å². The highest BCUT2D eigenvalue weighted by Crippen LogP contribution is 2.18. The Labute approximate surface area is 182 Å². The van der Waals surface area contributed by atoms with Crippen molar-refractivity contribution in [3.05, 3.63) is 0 Å². The van der Waals surface area contributed by atoms with E-state index in [4.69, 9.17) is 9.47 Å². The van der Waals surface area contributed by atoms with Gasteiger partial charge in [0.25, 0.3) is 0 Å². The summed E-state index contributed by atoms with van der Waals surface area (Å²) in [5.74, 6) is 1.05. The summed E-state index contributed by atoms with van der Waals surface area (Å²) >= 11 is 0. The first-order valence-corrected chi connectivity index (χ1v) is 10.8. The van der Waals surface area contributed by atoms with E-state index in [1.54, 1.807) is 0 Å². The van der Waals surface area contributed by atoms with Gasteiger partial charge in [-0.05, 0) is 58.0 Å². The van der Waals surface area contributed by atoms with E-state index in [1.807, 2.05) is 7.05 Å². The van der Waals surface area contributed by atoms with Gasteiger partial charge in [0.15, 0.2) is 5.96 Å². The predicted molar refractivity (Wildman–Crippen MR) is 121 cm³/mol. The highest BCUT2D eigenvalue weighted by Gasteiger charge is 2.23. The van der Waals surface area contributed by atoms with Gasteiger partial charge in [0.05, 0.1) is 18.8 Å². The molecule has 7 heteroatoms. The van der Waals surface area contributed by atoms with Crippen molar-refractivity contribution >= 4 is 29.9 Å². The molecule has 0 saturated carbocycles. The average molecular weight is 494 g/mol. The van der Waals surface area contributed by atoms with Crippen molar-refractivity contribution in [2.75, 3.05) is 59.5 Å². The fourth-order valence-electron chi connectivity index (χ4n) is 4.26. The third kappa shape index (κ3) is 8.03. The first kappa shape index (κ1) is 23.2. The number of rotatable bonds is 6. The molecule has 0 bridgehead atoms. The second-order valence-electron chi connectivity index (χ2n) is 7.88. The molecule has 3 heterocycles. The number of ether oxygens (including phenoxy) is 2. The monoisotopic (exact) mass is 494 g/mol. The molecular formula is C20H39IN4O2. The number of guanidine groups is 1. The number of halogens is 1. The normalized spacial score (nSPS) is 25.9. The summed E-state index contributed by atoms with van der Waals surface area (Å²) < 4.78 is 11.9. The van der Waals surface area contributed by atoms with Crippen molar-refractivity contribution in [3.8, 4) is 0 Å². The molecule has 6 nitrogen and oxygen atoms in total. The van der Waals surface area contributed by atoms with Crippen LogP contribution in [0, 0.1) is 0 Å². The second kappa shape index (κ2) is 13.2. The van der Waals surface area contributed by atoms with Crippen molar-refractivity contribution in [3.63, 3.8) is 0 Å². The van der Waals surface area contributed by atoms with Crippen molar-refractivity contribution in [2.45, 2.75) is 63.6 Å². The molecule has 3 aliphatic rings. The molecule has 0 radical (unpaired) electrons. The fourth-order valence-corrected chi connectivity index (χ4v) is 4.26. The van der Waals surface area contributed by atoms with Gasteiger partial charge >= 0.3 is 0 Å². The van der Waals surface area contributed by atoms with Crippen LogP contribution in [0.3, 0.4) is 0 Å². The van der Waals surface area contributed by atoms with Gasteiger partial charge in [-0.25, -0.2) is 0 Å². The smallest absolute Gasteiger partial charge is 0.193 e. The Morgan fingerprint density at radius 2 is 1.81 bits per heavy atom. The van der Waals surface area contributed by atoms with Crippen molar-refractivity contribution in [2.24, 2.45) is 4.99 Å². The van der Waals surface area contributed by atoms with Crippen molar-refractivity contribution in [1.82, 2.24) is 15.1 Å². The third-order valence-electron chi connectivity index (χ3n) is 5.90. The third-order valence-corrected chi connectivity index (χ3v) is 5.90. The number of hydrogen-bond acceptors (Lipinski definition) is 4. The molecule has 158 valence electrons. The minimum atomic E-state index is 0. The molecule has 0 aliphatic carbocycles. The molecule has 3 fully saturated rings. The summed E-state index contributed by atoms with van der Waals surface area (Å²) in [5.41, 5.74) is 0. The molecule has 0 aromatic carbocycles. The van der Waals surface area contributed by atoms with Gasteiger partial charge in [-0.2, -0.15) is 0 Å². The van der Waals surface area contributed by atoms with E-state index >= 15 is 0 Å². The lowest BCUT2D eigenvalue weighted by Gasteiger charge is -2.35. The zero-order valence-electron chi connectivity index (χ0n) is 17.0. The fraction of sp³-hybridized carbons (Fsp3) is 0.950. The molecule has 0 amide bonds. The summed E-state index contributed by atoms with van der Waals surface area (Å²) in [6.07, 6.45) is 10.6. The van der Waals surface area contributed by atoms with E-state index in [0.717, 1.165) is 64.6 Å². The molecule has 0 spiro atoms. The zero-order chi connectivity index (χ0) is 18.0. The van der Waals surface area contributed by atoms with Gasteiger partial charge < -0.3 is 24.6 Å². The maximum atomic E-state index is 6.13. The molecule has 3 aliphatic heterocycles. The first-order valence-electron chi connectivity index (χ1n) is 10.8. The highest BCUT2D eigenvalue weighted by atomic mass is 127. The van der Waals surface area contributed by atoms with Crippen LogP contribution in [0.15, 0.2) is 4.99 Å². The first-order chi connectivity index (χ1) is 12.8. The maximum Gasteiger partial charge on any atom is 0.193 e. The van der Waals surface area contributed by atoms with Gasteiger partial charge in [-0.3, -0.25) is 4.99 Å². The summed E-state index contributed by atoms with van der Waals surface area (Å²) in [6.45, 7) is 8.36. The summed E-state index contributed by atoms with van der Waals surface area (Å²) in [7, 11) is 1.90. The van der Waals surface area contributed by atoms with E-state index in [9.17, 15) is 0 Å². The van der Waals surface area contributed by atoms with Crippen LogP contribution in [-0.2, 0) is 9.47 Å². The average Bonchev–Trinajstić information content (AvgIpc) is 2.72. The van der Waals surface area contributed by atoms with Crippen LogP contribution in [0.25, 0.3) is 0 Å². The van der Waals surface area contributed by atoms with Crippen LogP contribution in [0.2, 0.25) is 0 Å². The van der Waals surface area contributed by atoms with E-state index in [0.29, 0.717) is 12.2 Å². The summed E-state index contributed by atoms with van der Waals surface area (Å²) in [6, 6.07) is 0. The number of nitrogens with one attached hydrogen (secondary N) is 1. The number of piperidine rings is 2. The SMILES string of the molecule is CN=C(NCCN1CCCCC1)N1CCC(OCC2CCCCO2)CC1.I. The van der Waals surface area contributed by atoms with Gasteiger partial charge in [0, 0.05) is 39.8 Å². The van der Waals surface area contributed by atoms with Crippen LogP contribution < -0.4 is 5.32 Å². The highest BCUT2D eigenvalue weighted by molar-refractivity contribution is 14.0. The van der Waals surface area contributed by atoms with Crippen LogP contribution in [0.5, 0.6) is 0 Å². The predicted octanol–water partition coefficient (Wildman–Crippen LogP) is 2.72. The lowest BCUT2D eigenvalue weighted by Crippen LogP contribution is -2.49. The molecule has 1 N–H and O–H groups in total. The number of nitrogens with zero attached hydrogens (tertiary/aromatic N) is 3. The Morgan fingerprint density at radius 1 is 1.04 bits per heavy atom. The molecular weight excluding hydrogens is 455 g/mol. The quantitative estimate of drug-likeness (QED) is 0.350. The molecule has 3 saturated heterocycles. The Kier molecular flexibility index (Phi) is 11.3. The van der Waals surface area contributed by atoms with E-state index in [1.165, 1.54) is 45.2 Å². The van der Waals surface area contributed by atoms with Gasteiger partial charge in [-0.15, -0.1) is 24.0 Å². The van der Waals surface area contributed by atoms with Crippen molar-refractivity contribution in [1.29, 1.82) is 0 Å². The van der Waals surface area contributed by atoms with E-state index < -0.39 is 0 Å². The summed E-state index contributed by atoms with van der Waals surface area (Å²) in [4.78, 5) is 9.44. The Morgan fingerprint density at radius 3 is 2.48 bits per heavy atom. The van der Waals surface area contributed by atoms with Crippen LogP contribution in [-0.4, -0.2) is 87.5 Å². The van der Waals surface area contributed by atoms with E-state index in [-0.39, 0.29) is 24.0 Å². The van der Waals surface area contributed by atoms with Gasteiger partial charge in [0.2, 0.25) is 0 Å². The minimum Gasteiger partial charge on any atom is -0.376 e. The molecule has 27 heavy (non-hydrogen) atoms. The Bertz CT molecular complexity index is 418. The summed E-state index contributed by atoms with van der Waals surface area (Å²) in [5, 5.41) is 3.56. The minimum absolute atomic E-state index is 0. The van der Waals surface area contributed by atoms with Crippen molar-refractivity contribution < 1.29 is 9.47 Å². The molecule has 0 aromatic heterocycles. The van der Waals surface area contributed by atoms with Gasteiger partial charge in [0.1, 0.15) is 0 Å². The number of likely N-dealkylation sites (tertiary alicyclic amines) is 2. The lowest BCUT2D eigenvalue weighted by atomic mass is 10.1. The van der Waals surface area contributed by atoms with Gasteiger partial charge in [-0.1, -0.05) is 6.42 Å². The molecule has 1 unspecified atom stereocenters. The standard InChI is InChI=1S/C20H38N4O2.HI/c1-21-20(22-10-15-23-11-4-2-5-12-23)24-13-8-18(9-14-24)26-17-19-7-3-6-16-25-19;/h18-19H,2-17H2,1H3,(H,21,22);1H. The lowest BCUT2D eigenvalue weighted by molar-refractivity contribution is -0.0721. The second-order valence-corrected chi connectivity index (χ2v) is 7.88.